The highest BCUT2D eigenvalue weighted by atomic mass is 16.6. The van der Waals surface area contributed by atoms with E-state index < -0.39 is 0 Å². The molecule has 0 atom stereocenters. The first-order valence-corrected chi connectivity index (χ1v) is 8.50. The number of nitrogens with one attached hydrogen (secondary N) is 2. The lowest BCUT2D eigenvalue weighted by Crippen LogP contribution is -2.45. The van der Waals surface area contributed by atoms with E-state index >= 15 is 0 Å². The normalized spacial score (nSPS) is 15.1. The number of hydrogen-bond donors (Lipinski definition) is 2. The molecule has 0 aliphatic carbocycles. The van der Waals surface area contributed by atoms with Crippen molar-refractivity contribution in [3.63, 3.8) is 0 Å². The van der Waals surface area contributed by atoms with Gasteiger partial charge in [-0.3, -0.25) is 9.78 Å². The molecule has 1 aromatic rings. The lowest BCUT2D eigenvalue weighted by atomic mass is 10.1. The minimum atomic E-state index is -0.232. The number of hydrogen-bond acceptors (Lipinski definition) is 5. The van der Waals surface area contributed by atoms with Crippen molar-refractivity contribution in [1.29, 1.82) is 0 Å². The second-order valence-corrected chi connectivity index (χ2v) is 5.76. The Morgan fingerprint density at radius 3 is 2.79 bits per heavy atom. The molecule has 132 valence electrons. The summed E-state index contributed by atoms with van der Waals surface area (Å²) in [4.78, 5) is 29.3. The highest BCUT2D eigenvalue weighted by Crippen LogP contribution is 2.11. The molecule has 0 radical (unpaired) electrons. The summed E-state index contributed by atoms with van der Waals surface area (Å²) >= 11 is 0. The molecule has 1 saturated heterocycles. The molecule has 2 N–H and O–H groups in total. The van der Waals surface area contributed by atoms with Crippen molar-refractivity contribution < 1.29 is 14.3 Å². The highest BCUT2D eigenvalue weighted by Gasteiger charge is 2.23. The van der Waals surface area contributed by atoms with Gasteiger partial charge < -0.3 is 20.3 Å². The fourth-order valence-electron chi connectivity index (χ4n) is 2.65. The zero-order chi connectivity index (χ0) is 17.2. The van der Waals surface area contributed by atoms with Crippen LogP contribution in [0.25, 0.3) is 0 Å². The third kappa shape index (κ3) is 6.16. The highest BCUT2D eigenvalue weighted by molar-refractivity contribution is 5.76. The predicted octanol–water partition coefficient (Wildman–Crippen LogP) is 1.30. The van der Waals surface area contributed by atoms with Gasteiger partial charge in [-0.1, -0.05) is 6.07 Å². The molecule has 0 saturated carbocycles. The van der Waals surface area contributed by atoms with Gasteiger partial charge in [-0.2, -0.15) is 0 Å². The predicted molar refractivity (Wildman–Crippen MR) is 90.3 cm³/mol. The number of rotatable bonds is 7. The summed E-state index contributed by atoms with van der Waals surface area (Å²) in [6.07, 6.45) is 3.68. The monoisotopic (exact) mass is 334 g/mol. The zero-order valence-electron chi connectivity index (χ0n) is 14.2. The summed E-state index contributed by atoms with van der Waals surface area (Å²) in [5.41, 5.74) is 0.852. The van der Waals surface area contributed by atoms with Crippen molar-refractivity contribution in [3.05, 3.63) is 30.1 Å². The number of ether oxygens (including phenoxy) is 1. The third-order valence-electron chi connectivity index (χ3n) is 4.00. The smallest absolute Gasteiger partial charge is 0.409 e. The van der Waals surface area contributed by atoms with Gasteiger partial charge in [0.2, 0.25) is 5.91 Å². The van der Waals surface area contributed by atoms with Gasteiger partial charge in [0.1, 0.15) is 0 Å². The molecule has 24 heavy (non-hydrogen) atoms. The van der Waals surface area contributed by atoms with Crippen LogP contribution in [0.4, 0.5) is 4.79 Å². The van der Waals surface area contributed by atoms with Crippen LogP contribution in [0.3, 0.4) is 0 Å². The first-order chi connectivity index (χ1) is 11.7. The second-order valence-electron chi connectivity index (χ2n) is 5.76. The zero-order valence-corrected chi connectivity index (χ0v) is 14.2. The van der Waals surface area contributed by atoms with E-state index in [1.807, 2.05) is 25.1 Å². The van der Waals surface area contributed by atoms with E-state index in [0.717, 1.165) is 18.5 Å². The van der Waals surface area contributed by atoms with E-state index in [-0.39, 0.29) is 12.0 Å². The Kier molecular flexibility index (Phi) is 7.48. The molecular formula is C17H26N4O3. The maximum atomic E-state index is 11.8. The number of carbonyl (C=O) groups excluding carboxylic acids is 2. The number of likely N-dealkylation sites (tertiary alicyclic amines) is 1. The van der Waals surface area contributed by atoms with Gasteiger partial charge in [0.15, 0.2) is 0 Å². The molecule has 1 fully saturated rings. The molecule has 2 heterocycles. The van der Waals surface area contributed by atoms with Crippen molar-refractivity contribution in [1.82, 2.24) is 20.5 Å². The number of nitrogens with zero attached hydrogens (tertiary/aromatic N) is 2. The maximum absolute atomic E-state index is 11.8. The number of aromatic nitrogens is 1. The molecule has 7 nitrogen and oxygen atoms in total. The van der Waals surface area contributed by atoms with Crippen LogP contribution in [0.2, 0.25) is 0 Å². The molecular weight excluding hydrogens is 308 g/mol. The van der Waals surface area contributed by atoms with Gasteiger partial charge in [0, 0.05) is 38.3 Å². The first kappa shape index (κ1) is 18.2. The molecule has 0 spiro atoms. The summed E-state index contributed by atoms with van der Waals surface area (Å²) < 4.78 is 5.00. The average molecular weight is 334 g/mol. The number of pyridine rings is 1. The van der Waals surface area contributed by atoms with E-state index in [2.05, 4.69) is 15.6 Å². The first-order valence-electron chi connectivity index (χ1n) is 8.50. The molecule has 1 aromatic heterocycles. The van der Waals surface area contributed by atoms with Crippen molar-refractivity contribution in [2.24, 2.45) is 0 Å². The van der Waals surface area contributed by atoms with E-state index in [0.29, 0.717) is 45.2 Å². The second kappa shape index (κ2) is 9.87. The van der Waals surface area contributed by atoms with Gasteiger partial charge in [-0.15, -0.1) is 0 Å². The van der Waals surface area contributed by atoms with E-state index in [1.165, 1.54) is 0 Å². The molecule has 2 rings (SSSR count). The maximum Gasteiger partial charge on any atom is 0.409 e. The SMILES string of the molecule is CCOC(=O)N1CCC(NCCC(=O)NCc2ccccn2)CC1. The van der Waals surface area contributed by atoms with Gasteiger partial charge in [-0.25, -0.2) is 4.79 Å². The summed E-state index contributed by atoms with van der Waals surface area (Å²) in [7, 11) is 0. The largest absolute Gasteiger partial charge is 0.450 e. The molecule has 0 bridgehead atoms. The molecule has 0 aromatic carbocycles. The lowest BCUT2D eigenvalue weighted by Gasteiger charge is -2.31. The average Bonchev–Trinajstić information content (AvgIpc) is 2.61. The van der Waals surface area contributed by atoms with Gasteiger partial charge in [0.25, 0.3) is 0 Å². The Labute approximate surface area is 142 Å². The van der Waals surface area contributed by atoms with Crippen molar-refractivity contribution in [2.45, 2.75) is 38.8 Å². The van der Waals surface area contributed by atoms with Crippen LogP contribution < -0.4 is 10.6 Å². The van der Waals surface area contributed by atoms with Crippen LogP contribution in [0.5, 0.6) is 0 Å². The minimum Gasteiger partial charge on any atom is -0.450 e. The van der Waals surface area contributed by atoms with Gasteiger partial charge >= 0.3 is 6.09 Å². The van der Waals surface area contributed by atoms with Crippen LogP contribution in [0, 0.1) is 0 Å². The standard InChI is InChI=1S/C17H26N4O3/c1-2-24-17(23)21-11-7-14(8-12-21)19-10-6-16(22)20-13-15-5-3-4-9-18-15/h3-5,9,14,19H,2,6-8,10-13H2,1H3,(H,20,22). The van der Waals surface area contributed by atoms with Crippen LogP contribution in [0.1, 0.15) is 31.9 Å². The topological polar surface area (TPSA) is 83.6 Å². The van der Waals surface area contributed by atoms with E-state index in [1.54, 1.807) is 11.1 Å². The van der Waals surface area contributed by atoms with E-state index in [9.17, 15) is 9.59 Å². The van der Waals surface area contributed by atoms with Crippen molar-refractivity contribution >= 4 is 12.0 Å². The summed E-state index contributed by atoms with van der Waals surface area (Å²) in [5, 5.41) is 6.25. The minimum absolute atomic E-state index is 0.0112. The third-order valence-corrected chi connectivity index (χ3v) is 4.00. The van der Waals surface area contributed by atoms with Crippen LogP contribution >= 0.6 is 0 Å². The van der Waals surface area contributed by atoms with Crippen molar-refractivity contribution in [2.75, 3.05) is 26.2 Å². The Bertz CT molecular complexity index is 516. The molecule has 2 amide bonds. The van der Waals surface area contributed by atoms with Gasteiger partial charge in [0.05, 0.1) is 18.8 Å². The van der Waals surface area contributed by atoms with E-state index in [4.69, 9.17) is 4.74 Å². The quantitative estimate of drug-likeness (QED) is 0.785. The molecule has 7 heteroatoms. The Morgan fingerprint density at radius 1 is 1.33 bits per heavy atom. The molecule has 0 unspecified atom stereocenters. The Hall–Kier alpha value is -2.15. The van der Waals surface area contributed by atoms with Crippen LogP contribution in [-0.2, 0) is 16.1 Å². The Balaban J connectivity index is 1.56. The van der Waals surface area contributed by atoms with Crippen LogP contribution in [0.15, 0.2) is 24.4 Å². The molecule has 1 aliphatic heterocycles. The fourth-order valence-corrected chi connectivity index (χ4v) is 2.65. The summed E-state index contributed by atoms with van der Waals surface area (Å²) in [5.74, 6) is 0.0112. The summed E-state index contributed by atoms with van der Waals surface area (Å²) in [6.45, 7) is 4.70. The van der Waals surface area contributed by atoms with Crippen LogP contribution in [-0.4, -0.2) is 54.2 Å². The van der Waals surface area contributed by atoms with Gasteiger partial charge in [-0.05, 0) is 31.9 Å². The lowest BCUT2D eigenvalue weighted by molar-refractivity contribution is -0.121. The molecule has 1 aliphatic rings. The fraction of sp³-hybridized carbons (Fsp3) is 0.588. The van der Waals surface area contributed by atoms with Crippen molar-refractivity contribution in [3.8, 4) is 0 Å². The number of amides is 2. The number of carbonyl (C=O) groups is 2. The number of piperidine rings is 1. The summed E-state index contributed by atoms with van der Waals surface area (Å²) in [6, 6.07) is 5.98. The Morgan fingerprint density at radius 2 is 2.12 bits per heavy atom.